The van der Waals surface area contributed by atoms with E-state index in [2.05, 4.69) is 176 Å². The van der Waals surface area contributed by atoms with Crippen molar-refractivity contribution in [3.63, 3.8) is 0 Å². The molecule has 0 saturated heterocycles. The van der Waals surface area contributed by atoms with Crippen molar-refractivity contribution in [2.45, 2.75) is 5.41 Å². The quantitative estimate of drug-likeness (QED) is 0.175. The summed E-state index contributed by atoms with van der Waals surface area (Å²) in [5.74, 6) is 3.54. The molecule has 1 aromatic heterocycles. The van der Waals surface area contributed by atoms with Gasteiger partial charge in [-0.15, -0.1) is 0 Å². The second-order valence-corrected chi connectivity index (χ2v) is 15.5. The van der Waals surface area contributed by atoms with Crippen molar-refractivity contribution in [3.8, 4) is 79.0 Å². The van der Waals surface area contributed by atoms with E-state index in [-0.39, 0.29) is 0 Å². The number of benzene rings is 9. The normalized spacial score (nSPS) is 12.9. The lowest BCUT2D eigenvalue weighted by Crippen LogP contribution is -2.32. The summed E-state index contributed by atoms with van der Waals surface area (Å²) in [6.07, 6.45) is 0. The SMILES string of the molecule is c1ccc(-c2nc(-c3ccccc3)nc(-c3cccc4c3C3(c5ccccc5Oc5ccccc53)c3ccc(-c5cc(-c6ccccc6)c6ccccc6c5)cc3-4)n2)cc1. The zero-order valence-corrected chi connectivity index (χ0v) is 32.5. The highest BCUT2D eigenvalue weighted by Gasteiger charge is 2.52. The van der Waals surface area contributed by atoms with Crippen LogP contribution in [0.5, 0.6) is 11.5 Å². The van der Waals surface area contributed by atoms with E-state index in [1.165, 1.54) is 38.6 Å². The minimum atomic E-state index is -0.740. The van der Waals surface area contributed by atoms with Crippen LogP contribution in [0.3, 0.4) is 0 Å². The molecule has 2 aliphatic rings. The first-order valence-electron chi connectivity index (χ1n) is 20.4. The number of hydrogen-bond acceptors (Lipinski definition) is 4. The van der Waals surface area contributed by atoms with E-state index in [4.69, 9.17) is 19.7 Å². The van der Waals surface area contributed by atoms with E-state index in [0.717, 1.165) is 56.0 Å². The predicted molar refractivity (Wildman–Crippen MR) is 242 cm³/mol. The molecule has 4 heteroatoms. The van der Waals surface area contributed by atoms with Crippen LogP contribution in [0.15, 0.2) is 212 Å². The molecule has 1 aliphatic carbocycles. The monoisotopic (exact) mass is 765 g/mol. The molecule has 0 atom stereocenters. The number of ether oxygens (including phenoxy) is 1. The fourth-order valence-electron chi connectivity index (χ4n) is 9.59. The minimum absolute atomic E-state index is 0.621. The van der Waals surface area contributed by atoms with Gasteiger partial charge in [-0.2, -0.15) is 0 Å². The Labute approximate surface area is 348 Å². The third-order valence-corrected chi connectivity index (χ3v) is 12.2. The predicted octanol–water partition coefficient (Wildman–Crippen LogP) is 13.8. The summed E-state index contributed by atoms with van der Waals surface area (Å²) in [6.45, 7) is 0. The van der Waals surface area contributed by atoms with E-state index in [9.17, 15) is 0 Å². The van der Waals surface area contributed by atoms with Crippen molar-refractivity contribution in [1.29, 1.82) is 0 Å². The summed E-state index contributed by atoms with van der Waals surface area (Å²) in [5, 5.41) is 2.44. The van der Waals surface area contributed by atoms with Crippen LogP contribution in [0.4, 0.5) is 0 Å². The average Bonchev–Trinajstić information content (AvgIpc) is 3.62. The highest BCUT2D eigenvalue weighted by molar-refractivity contribution is 6.01. The second-order valence-electron chi connectivity index (χ2n) is 15.5. The van der Waals surface area contributed by atoms with Crippen LogP contribution in [-0.4, -0.2) is 15.0 Å². The second kappa shape index (κ2) is 13.6. The van der Waals surface area contributed by atoms with Crippen molar-refractivity contribution < 1.29 is 4.74 Å². The lowest BCUT2D eigenvalue weighted by atomic mass is 9.65. The Morgan fingerprint density at radius 3 is 1.52 bits per heavy atom. The molecule has 0 radical (unpaired) electrons. The standard InChI is InChI=1S/C56H35N3O/c1-4-17-36(18-5-1)45-35-41(33-40-23-10-11-24-42(40)45)39-31-32-47-46(34-39)43-25-16-26-44(52(43)56(47)48-27-12-14-29-50(48)60-51-30-15-13-28-49(51)56)55-58-53(37-19-6-2-7-20-37)57-54(59-55)38-21-8-3-9-22-38/h1-35H. The molecular weight excluding hydrogens is 731 g/mol. The van der Waals surface area contributed by atoms with Crippen LogP contribution in [0.25, 0.3) is 78.3 Å². The molecule has 0 bridgehead atoms. The maximum absolute atomic E-state index is 6.74. The number of fused-ring (bicyclic) bond motifs is 10. The Bertz CT molecular complexity index is 3190. The van der Waals surface area contributed by atoms with Crippen LogP contribution in [-0.2, 0) is 5.41 Å². The van der Waals surface area contributed by atoms with E-state index < -0.39 is 5.41 Å². The first-order valence-corrected chi connectivity index (χ1v) is 20.4. The maximum Gasteiger partial charge on any atom is 0.164 e. The fourth-order valence-corrected chi connectivity index (χ4v) is 9.59. The first-order chi connectivity index (χ1) is 29.7. The highest BCUT2D eigenvalue weighted by Crippen LogP contribution is 2.64. The summed E-state index contributed by atoms with van der Waals surface area (Å²) < 4.78 is 6.74. The van der Waals surface area contributed by atoms with Gasteiger partial charge in [-0.3, -0.25) is 0 Å². The third-order valence-electron chi connectivity index (χ3n) is 12.2. The Balaban J connectivity index is 1.16. The van der Waals surface area contributed by atoms with Crippen LogP contribution in [0.1, 0.15) is 22.3 Å². The zero-order valence-electron chi connectivity index (χ0n) is 32.5. The summed E-state index contributed by atoms with van der Waals surface area (Å²) in [6, 6.07) is 75.1. The molecular formula is C56H35N3O. The topological polar surface area (TPSA) is 47.9 Å². The molecule has 0 N–H and O–H groups in total. The number of para-hydroxylation sites is 2. The molecule has 0 unspecified atom stereocenters. The molecule has 4 nitrogen and oxygen atoms in total. The van der Waals surface area contributed by atoms with Crippen LogP contribution >= 0.6 is 0 Å². The van der Waals surface area contributed by atoms with Gasteiger partial charge < -0.3 is 4.74 Å². The average molecular weight is 766 g/mol. The summed E-state index contributed by atoms with van der Waals surface area (Å²) in [5.41, 5.74) is 13.6. The van der Waals surface area contributed by atoms with Gasteiger partial charge in [0.15, 0.2) is 17.5 Å². The highest BCUT2D eigenvalue weighted by atomic mass is 16.5. The molecule has 0 amide bonds. The number of aromatic nitrogens is 3. The number of nitrogens with zero attached hydrogens (tertiary/aromatic N) is 3. The van der Waals surface area contributed by atoms with Gasteiger partial charge in [0.25, 0.3) is 0 Å². The summed E-state index contributed by atoms with van der Waals surface area (Å²) in [4.78, 5) is 15.7. The fraction of sp³-hybridized carbons (Fsp3) is 0.0179. The van der Waals surface area contributed by atoms with E-state index in [1.54, 1.807) is 0 Å². The molecule has 10 aromatic rings. The van der Waals surface area contributed by atoms with Gasteiger partial charge in [-0.05, 0) is 85.6 Å². The van der Waals surface area contributed by atoms with E-state index in [0.29, 0.717) is 17.5 Å². The molecule has 1 spiro atoms. The molecule has 0 saturated carbocycles. The van der Waals surface area contributed by atoms with Gasteiger partial charge in [-0.25, -0.2) is 15.0 Å². The van der Waals surface area contributed by atoms with Crippen molar-refractivity contribution in [2.24, 2.45) is 0 Å². The van der Waals surface area contributed by atoms with E-state index >= 15 is 0 Å². The molecule has 2 heterocycles. The molecule has 60 heavy (non-hydrogen) atoms. The van der Waals surface area contributed by atoms with Crippen molar-refractivity contribution in [1.82, 2.24) is 15.0 Å². The lowest BCUT2D eigenvalue weighted by Gasteiger charge is -2.40. The van der Waals surface area contributed by atoms with E-state index in [1.807, 2.05) is 36.4 Å². The van der Waals surface area contributed by atoms with Crippen LogP contribution < -0.4 is 4.74 Å². The van der Waals surface area contributed by atoms with Crippen molar-refractivity contribution >= 4 is 10.8 Å². The Morgan fingerprint density at radius 1 is 0.317 bits per heavy atom. The molecule has 12 rings (SSSR count). The molecule has 9 aromatic carbocycles. The summed E-state index contributed by atoms with van der Waals surface area (Å²) in [7, 11) is 0. The largest absolute Gasteiger partial charge is 0.457 e. The Morgan fingerprint density at radius 2 is 0.850 bits per heavy atom. The van der Waals surface area contributed by atoms with Gasteiger partial charge in [-0.1, -0.05) is 182 Å². The minimum Gasteiger partial charge on any atom is -0.457 e. The molecule has 1 aliphatic heterocycles. The Hall–Kier alpha value is -7.95. The lowest BCUT2D eigenvalue weighted by molar-refractivity contribution is 0.436. The van der Waals surface area contributed by atoms with Gasteiger partial charge in [0, 0.05) is 27.8 Å². The van der Waals surface area contributed by atoms with Gasteiger partial charge in [0.2, 0.25) is 0 Å². The number of rotatable bonds is 5. The number of hydrogen-bond donors (Lipinski definition) is 0. The molecule has 0 fully saturated rings. The first kappa shape index (κ1) is 34.1. The smallest absolute Gasteiger partial charge is 0.164 e. The maximum atomic E-state index is 6.74. The van der Waals surface area contributed by atoms with Crippen LogP contribution in [0.2, 0.25) is 0 Å². The van der Waals surface area contributed by atoms with Crippen molar-refractivity contribution in [2.75, 3.05) is 0 Å². The van der Waals surface area contributed by atoms with Gasteiger partial charge in [0.05, 0.1) is 5.41 Å². The van der Waals surface area contributed by atoms with Gasteiger partial charge >= 0.3 is 0 Å². The summed E-state index contributed by atoms with van der Waals surface area (Å²) >= 11 is 0. The third kappa shape index (κ3) is 5.21. The Kier molecular flexibility index (Phi) is 7.72. The van der Waals surface area contributed by atoms with Gasteiger partial charge in [0.1, 0.15) is 11.5 Å². The van der Waals surface area contributed by atoms with Crippen LogP contribution in [0, 0.1) is 0 Å². The van der Waals surface area contributed by atoms with Crippen molar-refractivity contribution in [3.05, 3.63) is 235 Å². The molecule has 280 valence electrons. The zero-order chi connectivity index (χ0) is 39.6.